The van der Waals surface area contributed by atoms with Gasteiger partial charge in [-0.05, 0) is 79.9 Å². The van der Waals surface area contributed by atoms with E-state index in [-0.39, 0.29) is 38.6 Å². The maximum Gasteiger partial charge on any atom is 0.231 e. The van der Waals surface area contributed by atoms with E-state index in [1.165, 1.54) is 0 Å². The van der Waals surface area contributed by atoms with Gasteiger partial charge in [-0.2, -0.15) is 0 Å². The zero-order valence-corrected chi connectivity index (χ0v) is 31.2. The number of aliphatic hydroxyl groups excluding tert-OH is 2. The lowest BCUT2D eigenvalue weighted by molar-refractivity contribution is 0.171. The number of halogens is 2. The molecule has 0 aromatic heterocycles. The van der Waals surface area contributed by atoms with Gasteiger partial charge in [0.2, 0.25) is 20.4 Å². The van der Waals surface area contributed by atoms with Gasteiger partial charge < -0.3 is 43.1 Å². The number of hydrogen-bond acceptors (Lipinski definition) is 9. The van der Waals surface area contributed by atoms with Crippen LogP contribution in [0.2, 0.25) is 18.1 Å². The lowest BCUT2D eigenvalue weighted by atomic mass is 10.1. The minimum atomic E-state index is -1.78. The van der Waals surface area contributed by atoms with E-state index in [9.17, 15) is 0 Å². The molecule has 3 aliphatic rings. The van der Waals surface area contributed by atoms with Gasteiger partial charge in [-0.1, -0.05) is 52.6 Å². The largest absolute Gasteiger partial charge is 0.454 e. The highest BCUT2D eigenvalue weighted by atomic mass is 79.9. The summed E-state index contributed by atoms with van der Waals surface area (Å²) in [6.45, 7) is 18.5. The van der Waals surface area contributed by atoms with E-state index in [0.717, 1.165) is 59.6 Å². The maximum absolute atomic E-state index is 9.14. The predicted octanol–water partition coefficient (Wildman–Crippen LogP) is 8.20. The molecule has 3 heterocycles. The fourth-order valence-electron chi connectivity index (χ4n) is 4.55. The number of benzene rings is 3. The maximum atomic E-state index is 9.14. The van der Waals surface area contributed by atoms with Crippen molar-refractivity contribution in [3.05, 3.63) is 66.6 Å². The van der Waals surface area contributed by atoms with Crippen molar-refractivity contribution in [2.24, 2.45) is 0 Å². The molecule has 0 spiro atoms. The molecular formula is C33H42Br2O9Si. The van der Waals surface area contributed by atoms with Gasteiger partial charge in [0.25, 0.3) is 0 Å². The topological polar surface area (TPSA) is 105 Å². The Morgan fingerprint density at radius 3 is 1.64 bits per heavy atom. The first-order valence-corrected chi connectivity index (χ1v) is 19.1. The quantitative estimate of drug-likeness (QED) is 0.249. The van der Waals surface area contributed by atoms with Crippen LogP contribution < -0.4 is 28.4 Å². The van der Waals surface area contributed by atoms with Crippen molar-refractivity contribution in [3.8, 4) is 34.5 Å². The van der Waals surface area contributed by atoms with E-state index in [1.54, 1.807) is 0 Å². The molecule has 3 aromatic rings. The van der Waals surface area contributed by atoms with Gasteiger partial charge in [0.15, 0.2) is 42.8 Å². The van der Waals surface area contributed by atoms with Gasteiger partial charge in [-0.15, -0.1) is 0 Å². The summed E-state index contributed by atoms with van der Waals surface area (Å²) < 4.78 is 40.2. The molecule has 0 atom stereocenters. The molecule has 0 amide bonds. The molecule has 0 unspecified atom stereocenters. The molecule has 0 radical (unpaired) electrons. The first kappa shape index (κ1) is 35.4. The van der Waals surface area contributed by atoms with Crippen molar-refractivity contribution in [2.45, 2.75) is 79.5 Å². The van der Waals surface area contributed by atoms with Crippen molar-refractivity contribution in [2.75, 3.05) is 20.4 Å². The third-order valence-corrected chi connectivity index (χ3v) is 14.8. The third-order valence-electron chi connectivity index (χ3n) is 8.15. The van der Waals surface area contributed by atoms with Gasteiger partial charge >= 0.3 is 0 Å². The van der Waals surface area contributed by atoms with Gasteiger partial charge in [0.1, 0.15) is 0 Å². The molecule has 0 saturated carbocycles. The second kappa shape index (κ2) is 14.5. The molecule has 2 N–H and O–H groups in total. The normalized spacial score (nSPS) is 14.0. The minimum absolute atomic E-state index is 0.00657. The number of aryl methyl sites for hydroxylation is 3. The highest BCUT2D eigenvalue weighted by Gasteiger charge is 2.38. The Bertz CT molecular complexity index is 1540. The van der Waals surface area contributed by atoms with Crippen LogP contribution in [-0.4, -0.2) is 38.9 Å². The van der Waals surface area contributed by atoms with Crippen LogP contribution >= 0.6 is 31.9 Å². The molecule has 246 valence electrons. The van der Waals surface area contributed by atoms with E-state index in [4.69, 9.17) is 43.1 Å². The molecule has 0 fully saturated rings. The molecule has 0 saturated heterocycles. The number of hydrogen-bond donors (Lipinski definition) is 2. The van der Waals surface area contributed by atoms with Crippen LogP contribution in [-0.2, 0) is 24.2 Å². The van der Waals surface area contributed by atoms with Crippen LogP contribution in [0.1, 0.15) is 54.2 Å². The van der Waals surface area contributed by atoms with Crippen molar-refractivity contribution in [1.29, 1.82) is 0 Å². The van der Waals surface area contributed by atoms with Crippen molar-refractivity contribution in [3.63, 3.8) is 0 Å². The monoisotopic (exact) mass is 768 g/mol. The fraction of sp³-hybridized carbons (Fsp3) is 0.455. The van der Waals surface area contributed by atoms with Gasteiger partial charge in [0.05, 0.1) is 19.8 Å². The zero-order valence-electron chi connectivity index (χ0n) is 27.1. The predicted molar refractivity (Wildman–Crippen MR) is 181 cm³/mol. The fourth-order valence-corrected chi connectivity index (χ4v) is 6.32. The van der Waals surface area contributed by atoms with Crippen LogP contribution in [0.25, 0.3) is 0 Å². The average Bonchev–Trinajstić information content (AvgIpc) is 3.75. The summed E-state index contributed by atoms with van der Waals surface area (Å²) in [6.07, 6.45) is 0. The van der Waals surface area contributed by atoms with E-state index in [2.05, 4.69) is 72.6 Å². The molecule has 12 heteroatoms. The highest BCUT2D eigenvalue weighted by molar-refractivity contribution is 9.10. The van der Waals surface area contributed by atoms with Gasteiger partial charge in [-0.3, -0.25) is 0 Å². The van der Waals surface area contributed by atoms with Crippen LogP contribution in [0.4, 0.5) is 0 Å². The first-order chi connectivity index (χ1) is 21.2. The Morgan fingerprint density at radius 2 is 1.16 bits per heavy atom. The molecule has 3 aliphatic heterocycles. The summed E-state index contributed by atoms with van der Waals surface area (Å²) in [5, 5.41) is 18.3. The molecule has 0 bridgehead atoms. The Morgan fingerprint density at radius 1 is 0.689 bits per heavy atom. The second-order valence-electron chi connectivity index (χ2n) is 12.5. The summed E-state index contributed by atoms with van der Waals surface area (Å²) in [7, 11) is -1.78. The number of ether oxygens (including phenoxy) is 6. The van der Waals surface area contributed by atoms with Crippen LogP contribution in [0.15, 0.2) is 33.2 Å². The summed E-state index contributed by atoms with van der Waals surface area (Å²) in [5.41, 5.74) is 5.86. The zero-order chi connectivity index (χ0) is 33.1. The van der Waals surface area contributed by atoms with Crippen molar-refractivity contribution in [1.82, 2.24) is 0 Å². The molecular weight excluding hydrogens is 728 g/mol. The van der Waals surface area contributed by atoms with Crippen molar-refractivity contribution >= 4 is 40.2 Å². The summed E-state index contributed by atoms with van der Waals surface area (Å²) in [5.74, 6) is 4.42. The van der Waals surface area contributed by atoms with E-state index in [0.29, 0.717) is 23.9 Å². The number of fused-ring (bicyclic) bond motifs is 3. The van der Waals surface area contributed by atoms with Crippen LogP contribution in [0, 0.1) is 20.8 Å². The van der Waals surface area contributed by atoms with Gasteiger partial charge in [-0.25, -0.2) is 0 Å². The van der Waals surface area contributed by atoms with Crippen LogP contribution in [0.3, 0.4) is 0 Å². The minimum Gasteiger partial charge on any atom is -0.454 e. The summed E-state index contributed by atoms with van der Waals surface area (Å²) in [6, 6.07) is 7.70. The van der Waals surface area contributed by atoms with E-state index < -0.39 is 8.32 Å². The third kappa shape index (κ3) is 7.91. The summed E-state index contributed by atoms with van der Waals surface area (Å²) >= 11 is 7.05. The van der Waals surface area contributed by atoms with Gasteiger partial charge in [0, 0.05) is 25.6 Å². The van der Waals surface area contributed by atoms with Crippen LogP contribution in [0.5, 0.6) is 34.5 Å². The lowest BCUT2D eigenvalue weighted by Gasteiger charge is -2.36. The first-order valence-electron chi connectivity index (χ1n) is 14.6. The standard InChI is InChI=1S/C15H23BrO3Si.C9H9BrO3.C9H10O3/c1-10-7-12-14(18-9-17-12)11(13(10)16)8-19-20(5,6)15(2,3)4;1-5-2-7-9(13-4-12-7)6(3-11)8(5)10;1-6-2-7(4-10)9-8(3-6)11-5-12-9/h7H,8-9H2,1-6H3;2,11H,3-4H2,1H3;2-3,10H,4-5H2,1H3. The van der Waals surface area contributed by atoms with E-state index >= 15 is 0 Å². The molecule has 3 aromatic carbocycles. The molecule has 9 nitrogen and oxygen atoms in total. The smallest absolute Gasteiger partial charge is 0.231 e. The lowest BCUT2D eigenvalue weighted by Crippen LogP contribution is -2.40. The molecule has 45 heavy (non-hydrogen) atoms. The summed E-state index contributed by atoms with van der Waals surface area (Å²) in [4.78, 5) is 0. The highest BCUT2D eigenvalue weighted by Crippen LogP contribution is 2.44. The Labute approximate surface area is 283 Å². The Kier molecular flexibility index (Phi) is 11.4. The van der Waals surface area contributed by atoms with Crippen molar-refractivity contribution < 1.29 is 43.1 Å². The SMILES string of the molecule is Cc1cc(CO)c2c(c1)OCO2.Cc1cc2c(c(CO)c1Br)OCO2.Cc1cc2c(c(CO[Si](C)(C)C(C)(C)C)c1Br)OCO2. The second-order valence-corrected chi connectivity index (χ2v) is 18.9. The average molecular weight is 771 g/mol. The van der Waals surface area contributed by atoms with E-state index in [1.807, 2.05) is 38.1 Å². The Balaban J connectivity index is 0.000000160. The number of aliphatic hydroxyl groups is 2. The molecule has 6 rings (SSSR count). The number of rotatable bonds is 5. The molecule has 0 aliphatic carbocycles. The Hall–Kier alpha value is -2.48.